The highest BCUT2D eigenvalue weighted by molar-refractivity contribution is 5.96. The van der Waals surface area contributed by atoms with E-state index in [-0.39, 0.29) is 23.3 Å². The van der Waals surface area contributed by atoms with Crippen LogP contribution in [0.2, 0.25) is 0 Å². The lowest BCUT2D eigenvalue weighted by atomic mass is 10.0. The predicted octanol–water partition coefficient (Wildman–Crippen LogP) is 2.44. The van der Waals surface area contributed by atoms with E-state index in [0.29, 0.717) is 11.5 Å². The van der Waals surface area contributed by atoms with Crippen molar-refractivity contribution in [2.24, 2.45) is 5.92 Å². The second kappa shape index (κ2) is 5.48. The second-order valence-corrected chi connectivity index (χ2v) is 5.48. The number of carbonyl (C=O) groups excluding carboxylic acids is 1. The number of nitro groups is 1. The van der Waals surface area contributed by atoms with Crippen molar-refractivity contribution in [2.75, 3.05) is 12.3 Å². The number of amides is 1. The molecule has 2 rings (SSSR count). The molecule has 1 aliphatic heterocycles. The molecule has 0 bridgehead atoms. The van der Waals surface area contributed by atoms with Crippen molar-refractivity contribution in [1.29, 1.82) is 0 Å². The van der Waals surface area contributed by atoms with Crippen molar-refractivity contribution in [3.63, 3.8) is 0 Å². The lowest BCUT2D eigenvalue weighted by Gasteiger charge is -2.27. The predicted molar refractivity (Wildman–Crippen MR) is 76.4 cm³/mol. The van der Waals surface area contributed by atoms with Gasteiger partial charge in [0.15, 0.2) is 0 Å². The molecule has 1 unspecified atom stereocenters. The van der Waals surface area contributed by atoms with Gasteiger partial charge in [-0.15, -0.1) is 0 Å². The zero-order valence-corrected chi connectivity index (χ0v) is 11.7. The molecular formula is C14H19N3O3. The third kappa shape index (κ3) is 2.59. The Hall–Kier alpha value is -2.11. The van der Waals surface area contributed by atoms with Gasteiger partial charge in [0.05, 0.1) is 4.92 Å². The van der Waals surface area contributed by atoms with Crippen molar-refractivity contribution < 1.29 is 9.72 Å². The molecule has 1 saturated heterocycles. The maximum atomic E-state index is 12.5. The van der Waals surface area contributed by atoms with Crippen LogP contribution in [0.4, 0.5) is 11.4 Å². The van der Waals surface area contributed by atoms with E-state index in [1.165, 1.54) is 18.2 Å². The summed E-state index contributed by atoms with van der Waals surface area (Å²) in [6.45, 7) is 4.93. The Balaban J connectivity index is 2.25. The quantitative estimate of drug-likeness (QED) is 0.522. The van der Waals surface area contributed by atoms with Crippen LogP contribution in [-0.4, -0.2) is 28.3 Å². The van der Waals surface area contributed by atoms with Crippen molar-refractivity contribution in [2.45, 2.75) is 32.7 Å². The summed E-state index contributed by atoms with van der Waals surface area (Å²) in [7, 11) is 0. The Kier molecular flexibility index (Phi) is 3.92. The van der Waals surface area contributed by atoms with Crippen molar-refractivity contribution >= 4 is 17.3 Å². The normalized spacial score (nSPS) is 18.6. The average molecular weight is 277 g/mol. The van der Waals surface area contributed by atoms with Crippen molar-refractivity contribution in [1.82, 2.24) is 4.90 Å². The summed E-state index contributed by atoms with van der Waals surface area (Å²) >= 11 is 0. The number of likely N-dealkylation sites (tertiary alicyclic amines) is 1. The van der Waals surface area contributed by atoms with Gasteiger partial charge in [-0.25, -0.2) is 0 Å². The number of nitro benzene ring substituents is 1. The molecule has 6 heteroatoms. The minimum atomic E-state index is -0.545. The smallest absolute Gasteiger partial charge is 0.292 e. The minimum Gasteiger partial charge on any atom is -0.393 e. The van der Waals surface area contributed by atoms with Gasteiger partial charge in [0.25, 0.3) is 11.6 Å². The number of hydrogen-bond donors (Lipinski definition) is 1. The summed E-state index contributed by atoms with van der Waals surface area (Å²) < 4.78 is 0. The summed E-state index contributed by atoms with van der Waals surface area (Å²) in [6, 6.07) is 4.41. The Bertz CT molecular complexity index is 542. The topological polar surface area (TPSA) is 89.5 Å². The van der Waals surface area contributed by atoms with Crippen LogP contribution in [0, 0.1) is 16.0 Å². The molecule has 1 fully saturated rings. The van der Waals surface area contributed by atoms with E-state index in [2.05, 4.69) is 13.8 Å². The SMILES string of the molecule is CC(C)C1CCCN1C(=O)c1ccc([N+](=O)[O-])c(N)c1. The van der Waals surface area contributed by atoms with E-state index in [4.69, 9.17) is 5.73 Å². The second-order valence-electron chi connectivity index (χ2n) is 5.48. The number of nitrogens with zero attached hydrogens (tertiary/aromatic N) is 2. The average Bonchev–Trinajstić information content (AvgIpc) is 2.86. The van der Waals surface area contributed by atoms with E-state index < -0.39 is 4.92 Å². The number of hydrogen-bond acceptors (Lipinski definition) is 4. The van der Waals surface area contributed by atoms with E-state index in [9.17, 15) is 14.9 Å². The summed E-state index contributed by atoms with van der Waals surface area (Å²) in [5, 5.41) is 10.7. The van der Waals surface area contributed by atoms with E-state index in [1.807, 2.05) is 4.90 Å². The number of benzene rings is 1. The summed E-state index contributed by atoms with van der Waals surface area (Å²) in [6.07, 6.45) is 2.00. The molecular weight excluding hydrogens is 258 g/mol. The molecule has 0 aromatic heterocycles. The highest BCUT2D eigenvalue weighted by Crippen LogP contribution is 2.28. The number of carbonyl (C=O) groups is 1. The van der Waals surface area contributed by atoms with Gasteiger partial charge in [0.2, 0.25) is 0 Å². The summed E-state index contributed by atoms with van der Waals surface area (Å²) in [4.78, 5) is 24.5. The summed E-state index contributed by atoms with van der Waals surface area (Å²) in [5.41, 5.74) is 5.92. The molecule has 0 saturated carbocycles. The Morgan fingerprint density at radius 2 is 2.20 bits per heavy atom. The van der Waals surface area contributed by atoms with Gasteiger partial charge in [0, 0.05) is 24.2 Å². The molecule has 1 aromatic rings. The Labute approximate surface area is 117 Å². The molecule has 6 nitrogen and oxygen atoms in total. The number of nitrogens with two attached hydrogens (primary N) is 1. The standard InChI is InChI=1S/C14H19N3O3/c1-9(2)12-4-3-7-16(12)14(18)10-5-6-13(17(19)20)11(15)8-10/h5-6,8-9,12H,3-4,7,15H2,1-2H3. The van der Waals surface area contributed by atoms with Gasteiger partial charge in [-0.2, -0.15) is 0 Å². The highest BCUT2D eigenvalue weighted by Gasteiger charge is 2.31. The van der Waals surface area contributed by atoms with Crippen LogP contribution >= 0.6 is 0 Å². The summed E-state index contributed by atoms with van der Waals surface area (Å²) in [5.74, 6) is 0.305. The zero-order chi connectivity index (χ0) is 14.9. The maximum Gasteiger partial charge on any atom is 0.292 e. The monoisotopic (exact) mass is 277 g/mol. The number of rotatable bonds is 3. The van der Waals surface area contributed by atoms with Crippen LogP contribution in [-0.2, 0) is 0 Å². The van der Waals surface area contributed by atoms with Gasteiger partial charge in [0.1, 0.15) is 5.69 Å². The fourth-order valence-corrected chi connectivity index (χ4v) is 2.76. The van der Waals surface area contributed by atoms with Gasteiger partial charge >= 0.3 is 0 Å². The maximum absolute atomic E-state index is 12.5. The first-order chi connectivity index (χ1) is 9.41. The van der Waals surface area contributed by atoms with Gasteiger partial charge in [-0.1, -0.05) is 13.8 Å². The molecule has 0 radical (unpaired) electrons. The minimum absolute atomic E-state index is 0.0288. The fraction of sp³-hybridized carbons (Fsp3) is 0.500. The van der Waals surface area contributed by atoms with Crippen LogP contribution < -0.4 is 5.73 Å². The van der Waals surface area contributed by atoms with Crippen LogP contribution in [0.5, 0.6) is 0 Å². The molecule has 1 amide bonds. The van der Waals surface area contributed by atoms with Crippen LogP contribution in [0.3, 0.4) is 0 Å². The zero-order valence-electron chi connectivity index (χ0n) is 11.7. The van der Waals surface area contributed by atoms with Crippen LogP contribution in [0.25, 0.3) is 0 Å². The third-order valence-electron chi connectivity index (χ3n) is 3.80. The lowest BCUT2D eigenvalue weighted by molar-refractivity contribution is -0.383. The first-order valence-electron chi connectivity index (χ1n) is 6.76. The van der Waals surface area contributed by atoms with E-state index in [0.717, 1.165) is 19.4 Å². The molecule has 108 valence electrons. The first-order valence-corrected chi connectivity index (χ1v) is 6.76. The fourth-order valence-electron chi connectivity index (χ4n) is 2.76. The van der Waals surface area contributed by atoms with Gasteiger partial charge in [-0.3, -0.25) is 14.9 Å². The molecule has 1 aliphatic rings. The van der Waals surface area contributed by atoms with Crippen LogP contribution in [0.15, 0.2) is 18.2 Å². The Morgan fingerprint density at radius 1 is 1.50 bits per heavy atom. The molecule has 1 heterocycles. The van der Waals surface area contributed by atoms with Gasteiger partial charge in [-0.05, 0) is 30.9 Å². The molecule has 20 heavy (non-hydrogen) atoms. The van der Waals surface area contributed by atoms with E-state index in [1.54, 1.807) is 0 Å². The third-order valence-corrected chi connectivity index (χ3v) is 3.80. The number of nitrogen functional groups attached to an aromatic ring is 1. The molecule has 1 atom stereocenters. The molecule has 1 aromatic carbocycles. The van der Waals surface area contributed by atoms with Gasteiger partial charge < -0.3 is 10.6 Å². The Morgan fingerprint density at radius 3 is 2.75 bits per heavy atom. The molecule has 0 aliphatic carbocycles. The van der Waals surface area contributed by atoms with Crippen molar-refractivity contribution in [3.05, 3.63) is 33.9 Å². The number of anilines is 1. The lowest BCUT2D eigenvalue weighted by Crippen LogP contribution is -2.38. The van der Waals surface area contributed by atoms with E-state index >= 15 is 0 Å². The van der Waals surface area contributed by atoms with Crippen LogP contribution in [0.1, 0.15) is 37.0 Å². The molecule has 2 N–H and O–H groups in total. The first kappa shape index (κ1) is 14.3. The van der Waals surface area contributed by atoms with Crippen molar-refractivity contribution in [3.8, 4) is 0 Å². The largest absolute Gasteiger partial charge is 0.393 e. The highest BCUT2D eigenvalue weighted by atomic mass is 16.6. The molecule has 0 spiro atoms.